The first-order chi connectivity index (χ1) is 11.0. The molecule has 0 aliphatic rings. The highest BCUT2D eigenvalue weighted by Gasteiger charge is 2.40. The summed E-state index contributed by atoms with van der Waals surface area (Å²) in [6.45, 7) is 3.44. The maximum atomic E-state index is 13.8. The fourth-order valence-corrected chi connectivity index (χ4v) is 2.37. The Morgan fingerprint density at radius 2 is 1.96 bits per heavy atom. The second-order valence-corrected chi connectivity index (χ2v) is 6.18. The second-order valence-electron chi connectivity index (χ2n) is 5.40. The summed E-state index contributed by atoms with van der Waals surface area (Å²) in [7, 11) is 0. The van der Waals surface area contributed by atoms with Crippen LogP contribution in [0.1, 0.15) is 26.7 Å². The number of hydrogen-bond donors (Lipinski definition) is 1. The minimum Gasteiger partial charge on any atom is -0.489 e. The molecule has 0 aromatic heterocycles. The van der Waals surface area contributed by atoms with Crippen molar-refractivity contribution < 1.29 is 27.1 Å². The van der Waals surface area contributed by atoms with E-state index in [0.29, 0.717) is 0 Å². The lowest BCUT2D eigenvalue weighted by Gasteiger charge is -2.19. The smallest absolute Gasteiger partial charge is 0.392 e. The summed E-state index contributed by atoms with van der Waals surface area (Å²) in [4.78, 5) is 11.8. The molecule has 1 aromatic rings. The van der Waals surface area contributed by atoms with Gasteiger partial charge in [0.2, 0.25) is 5.91 Å². The number of amides is 1. The third kappa shape index (κ3) is 6.36. The van der Waals surface area contributed by atoms with E-state index in [1.807, 2.05) is 0 Å². The van der Waals surface area contributed by atoms with E-state index in [-0.39, 0.29) is 28.4 Å². The summed E-state index contributed by atoms with van der Waals surface area (Å²) in [5.74, 6) is -3.85. The first kappa shape index (κ1) is 20.8. The zero-order valence-corrected chi connectivity index (χ0v) is 14.5. The highest BCUT2D eigenvalue weighted by molar-refractivity contribution is 6.32. The molecular weight excluding hydrogens is 373 g/mol. The van der Waals surface area contributed by atoms with Gasteiger partial charge in [-0.3, -0.25) is 4.79 Å². The molecular formula is C15H17Cl2F4NO2. The molecule has 0 aliphatic carbocycles. The van der Waals surface area contributed by atoms with Crippen LogP contribution in [0.4, 0.5) is 23.2 Å². The normalized spacial score (nSPS) is 13.0. The zero-order valence-electron chi connectivity index (χ0n) is 13.0. The minimum absolute atomic E-state index is 0.00509. The summed E-state index contributed by atoms with van der Waals surface area (Å²) < 4.78 is 57.6. The highest BCUT2D eigenvalue weighted by Crippen LogP contribution is 2.34. The lowest BCUT2D eigenvalue weighted by Crippen LogP contribution is -2.28. The summed E-state index contributed by atoms with van der Waals surface area (Å²) in [5.41, 5.74) is -0.299. The molecule has 9 heteroatoms. The standard InChI is InChI=1S/C15H17Cl2F4NO2/c1-8(2)24-13-7-12(11(18)6-10(13)17)22-14(23)5-9(3-4-16)15(19,20)21/h6-9H,3-5H2,1-2H3,(H,22,23). The Kier molecular flexibility index (Phi) is 7.60. The minimum atomic E-state index is -4.56. The molecule has 1 atom stereocenters. The molecule has 0 radical (unpaired) electrons. The summed E-state index contributed by atoms with van der Waals surface area (Å²) in [5, 5.41) is 2.11. The quantitative estimate of drug-likeness (QED) is 0.500. The van der Waals surface area contributed by atoms with Gasteiger partial charge in [-0.05, 0) is 26.3 Å². The molecule has 3 nitrogen and oxygen atoms in total. The molecule has 24 heavy (non-hydrogen) atoms. The SMILES string of the molecule is CC(C)Oc1cc(NC(=O)CC(CCCl)C(F)(F)F)c(F)cc1Cl. The molecule has 1 aromatic carbocycles. The second kappa shape index (κ2) is 8.76. The van der Waals surface area contributed by atoms with Crippen LogP contribution in [0.5, 0.6) is 5.75 Å². The molecule has 1 N–H and O–H groups in total. The Bertz CT molecular complexity index is 579. The van der Waals surface area contributed by atoms with Crippen molar-refractivity contribution in [3.05, 3.63) is 23.0 Å². The molecule has 0 saturated heterocycles. The van der Waals surface area contributed by atoms with Gasteiger partial charge >= 0.3 is 6.18 Å². The van der Waals surface area contributed by atoms with Crippen LogP contribution >= 0.6 is 23.2 Å². The van der Waals surface area contributed by atoms with Gasteiger partial charge in [0, 0.05) is 18.4 Å². The molecule has 0 heterocycles. The van der Waals surface area contributed by atoms with Crippen molar-refractivity contribution in [1.82, 2.24) is 0 Å². The molecule has 1 unspecified atom stereocenters. The number of alkyl halides is 4. The summed E-state index contributed by atoms with van der Waals surface area (Å²) >= 11 is 11.2. The number of nitrogens with one attached hydrogen (secondary N) is 1. The molecule has 1 amide bonds. The number of benzene rings is 1. The number of carbonyl (C=O) groups excluding carboxylic acids is 1. The van der Waals surface area contributed by atoms with Crippen molar-refractivity contribution in [2.45, 2.75) is 39.0 Å². The number of halogens is 6. The van der Waals surface area contributed by atoms with Gasteiger partial charge in [0.15, 0.2) is 0 Å². The van der Waals surface area contributed by atoms with Crippen LogP contribution in [0.25, 0.3) is 0 Å². The predicted molar refractivity (Wildman–Crippen MR) is 85.3 cm³/mol. The average molecular weight is 390 g/mol. The van der Waals surface area contributed by atoms with E-state index in [4.69, 9.17) is 27.9 Å². The predicted octanol–water partition coefficient (Wildman–Crippen LogP) is 5.40. The Morgan fingerprint density at radius 3 is 2.46 bits per heavy atom. The highest BCUT2D eigenvalue weighted by atomic mass is 35.5. The topological polar surface area (TPSA) is 38.3 Å². The molecule has 0 fully saturated rings. The van der Waals surface area contributed by atoms with Crippen molar-refractivity contribution in [1.29, 1.82) is 0 Å². The lowest BCUT2D eigenvalue weighted by molar-refractivity contribution is -0.178. The van der Waals surface area contributed by atoms with E-state index in [1.165, 1.54) is 0 Å². The number of carbonyl (C=O) groups is 1. The number of hydrogen-bond acceptors (Lipinski definition) is 2. The van der Waals surface area contributed by atoms with E-state index >= 15 is 0 Å². The zero-order chi connectivity index (χ0) is 18.5. The van der Waals surface area contributed by atoms with E-state index < -0.39 is 36.7 Å². The van der Waals surface area contributed by atoms with Gasteiger partial charge < -0.3 is 10.1 Å². The maximum Gasteiger partial charge on any atom is 0.392 e. The summed E-state index contributed by atoms with van der Waals surface area (Å²) in [6.07, 6.45) is -6.06. The van der Waals surface area contributed by atoms with Crippen LogP contribution in [-0.4, -0.2) is 24.1 Å². The molecule has 0 saturated carbocycles. The van der Waals surface area contributed by atoms with Crippen molar-refractivity contribution in [2.75, 3.05) is 11.2 Å². The average Bonchev–Trinajstić information content (AvgIpc) is 2.42. The van der Waals surface area contributed by atoms with Crippen molar-refractivity contribution in [2.24, 2.45) is 5.92 Å². The van der Waals surface area contributed by atoms with Gasteiger partial charge in [0.1, 0.15) is 11.6 Å². The molecule has 0 aliphatic heterocycles. The fourth-order valence-electron chi connectivity index (χ4n) is 1.91. The Hall–Kier alpha value is -1.21. The largest absolute Gasteiger partial charge is 0.489 e. The van der Waals surface area contributed by atoms with Gasteiger partial charge in [-0.1, -0.05) is 11.6 Å². The Balaban J connectivity index is 2.89. The van der Waals surface area contributed by atoms with Gasteiger partial charge in [-0.15, -0.1) is 11.6 Å². The van der Waals surface area contributed by atoms with Crippen LogP contribution in [0, 0.1) is 11.7 Å². The van der Waals surface area contributed by atoms with Crippen LogP contribution < -0.4 is 10.1 Å². The first-order valence-corrected chi connectivity index (χ1v) is 8.04. The number of rotatable bonds is 7. The van der Waals surface area contributed by atoms with E-state index in [0.717, 1.165) is 12.1 Å². The lowest BCUT2D eigenvalue weighted by atomic mass is 10.0. The Labute approximate surface area is 147 Å². The van der Waals surface area contributed by atoms with Crippen LogP contribution in [0.3, 0.4) is 0 Å². The maximum absolute atomic E-state index is 13.8. The van der Waals surface area contributed by atoms with Gasteiger partial charge in [-0.2, -0.15) is 13.2 Å². The molecule has 136 valence electrons. The number of anilines is 1. The van der Waals surface area contributed by atoms with Crippen molar-refractivity contribution in [3.63, 3.8) is 0 Å². The first-order valence-electron chi connectivity index (χ1n) is 7.12. The van der Waals surface area contributed by atoms with Gasteiger partial charge in [0.25, 0.3) is 0 Å². The fraction of sp³-hybridized carbons (Fsp3) is 0.533. The third-order valence-electron chi connectivity index (χ3n) is 3.01. The molecule has 0 bridgehead atoms. The van der Waals surface area contributed by atoms with E-state index in [2.05, 4.69) is 5.32 Å². The van der Waals surface area contributed by atoms with Crippen LogP contribution in [0.2, 0.25) is 5.02 Å². The van der Waals surface area contributed by atoms with Crippen LogP contribution in [-0.2, 0) is 4.79 Å². The third-order valence-corrected chi connectivity index (χ3v) is 3.52. The summed E-state index contributed by atoms with van der Waals surface area (Å²) in [6, 6.07) is 2.06. The van der Waals surface area contributed by atoms with Crippen LogP contribution in [0.15, 0.2) is 12.1 Å². The Morgan fingerprint density at radius 1 is 1.33 bits per heavy atom. The molecule has 1 rings (SSSR count). The van der Waals surface area contributed by atoms with Gasteiger partial charge in [0.05, 0.1) is 22.7 Å². The molecule has 0 spiro atoms. The van der Waals surface area contributed by atoms with Gasteiger partial charge in [-0.25, -0.2) is 4.39 Å². The van der Waals surface area contributed by atoms with Crippen molar-refractivity contribution >= 4 is 34.8 Å². The van der Waals surface area contributed by atoms with E-state index in [9.17, 15) is 22.4 Å². The number of ether oxygens (including phenoxy) is 1. The van der Waals surface area contributed by atoms with Crippen molar-refractivity contribution in [3.8, 4) is 5.75 Å². The monoisotopic (exact) mass is 389 g/mol. The van der Waals surface area contributed by atoms with E-state index in [1.54, 1.807) is 13.8 Å².